The van der Waals surface area contributed by atoms with E-state index in [4.69, 9.17) is 0 Å². The minimum Gasteiger partial charge on any atom is -0.321 e. The number of sulfonamides is 1. The molecule has 0 radical (unpaired) electrons. The maximum atomic E-state index is 13.8. The number of rotatable bonds is 5. The topological polar surface area (TPSA) is 95.6 Å². The van der Waals surface area contributed by atoms with E-state index >= 15 is 0 Å². The molecule has 0 unspecified atom stereocenters. The third-order valence-corrected chi connectivity index (χ3v) is 8.37. The van der Waals surface area contributed by atoms with Crippen molar-refractivity contribution in [3.05, 3.63) is 71.8 Å². The Morgan fingerprint density at radius 1 is 1.00 bits per heavy atom. The smallest absolute Gasteiger partial charge is 0.267 e. The zero-order valence-corrected chi connectivity index (χ0v) is 20.4. The molecule has 34 heavy (non-hydrogen) atoms. The molecule has 0 bridgehead atoms. The lowest BCUT2D eigenvalue weighted by molar-refractivity contribution is -0.126. The van der Waals surface area contributed by atoms with Gasteiger partial charge in [-0.05, 0) is 56.1 Å². The van der Waals surface area contributed by atoms with Gasteiger partial charge in [-0.2, -0.15) is 0 Å². The van der Waals surface area contributed by atoms with E-state index in [1.165, 1.54) is 13.0 Å². The number of amides is 2. The van der Waals surface area contributed by atoms with Crippen LogP contribution in [-0.2, 0) is 14.8 Å². The molecule has 178 valence electrons. The van der Waals surface area contributed by atoms with E-state index in [0.717, 1.165) is 9.87 Å². The minimum atomic E-state index is -4.12. The number of hydrogen-bond acceptors (Lipinski definition) is 5. The Kier molecular flexibility index (Phi) is 6.72. The van der Waals surface area contributed by atoms with Gasteiger partial charge in [-0.3, -0.25) is 9.59 Å². The molecule has 2 N–H and O–H groups in total. The predicted molar refractivity (Wildman–Crippen MR) is 133 cm³/mol. The Morgan fingerprint density at radius 3 is 2.35 bits per heavy atom. The van der Waals surface area contributed by atoms with Crippen molar-refractivity contribution in [2.24, 2.45) is 5.92 Å². The molecule has 7 nitrogen and oxygen atoms in total. The number of piperidine rings is 1. The Morgan fingerprint density at radius 2 is 1.68 bits per heavy atom. The molecule has 3 aromatic rings. The average molecular weight is 480 g/mol. The molecule has 1 heterocycles. The number of nitrogens with zero attached hydrogens (tertiary/aromatic N) is 1. The first-order valence-corrected chi connectivity index (χ1v) is 12.8. The van der Waals surface area contributed by atoms with Gasteiger partial charge in [-0.25, -0.2) is 12.7 Å². The highest BCUT2D eigenvalue weighted by atomic mass is 32.2. The molecule has 1 saturated heterocycles. The number of nitrogens with one attached hydrogen (secondary N) is 2. The monoisotopic (exact) mass is 479 g/mol. The predicted octanol–water partition coefficient (Wildman–Crippen LogP) is 3.94. The molecule has 1 aliphatic rings. The molecule has 0 aromatic heterocycles. The van der Waals surface area contributed by atoms with Crippen molar-refractivity contribution >= 4 is 38.3 Å². The highest BCUT2D eigenvalue weighted by Crippen LogP contribution is 2.34. The Bertz CT molecular complexity index is 1350. The summed E-state index contributed by atoms with van der Waals surface area (Å²) in [5, 5.41) is 7.22. The minimum absolute atomic E-state index is 0.00800. The maximum Gasteiger partial charge on any atom is 0.267 e. The fourth-order valence-electron chi connectivity index (χ4n) is 4.66. The second-order valence-corrected chi connectivity index (χ2v) is 10.6. The third kappa shape index (κ3) is 4.43. The second kappa shape index (κ2) is 9.56. The van der Waals surface area contributed by atoms with E-state index in [2.05, 4.69) is 10.6 Å². The molecule has 0 saturated carbocycles. The number of anilines is 1. The fraction of sp³-hybridized carbons (Fsp3) is 0.308. The van der Waals surface area contributed by atoms with Gasteiger partial charge < -0.3 is 10.6 Å². The third-order valence-electron chi connectivity index (χ3n) is 6.41. The van der Waals surface area contributed by atoms with E-state index < -0.39 is 22.0 Å². The molecule has 0 aliphatic carbocycles. The first kappa shape index (κ1) is 23.9. The summed E-state index contributed by atoms with van der Waals surface area (Å²) < 4.78 is 28.7. The zero-order chi connectivity index (χ0) is 24.5. The van der Waals surface area contributed by atoms with Crippen LogP contribution in [0, 0.1) is 12.8 Å². The van der Waals surface area contributed by atoms with Gasteiger partial charge in [0, 0.05) is 28.9 Å². The number of aryl methyl sites for hydroxylation is 1. The largest absolute Gasteiger partial charge is 0.321 e. The van der Waals surface area contributed by atoms with Gasteiger partial charge in [-0.1, -0.05) is 49.4 Å². The molecule has 0 spiro atoms. The van der Waals surface area contributed by atoms with Crippen LogP contribution in [-0.4, -0.2) is 43.7 Å². The van der Waals surface area contributed by atoms with E-state index in [9.17, 15) is 18.0 Å². The van der Waals surface area contributed by atoms with Crippen molar-refractivity contribution in [2.75, 3.05) is 18.4 Å². The van der Waals surface area contributed by atoms with Gasteiger partial charge >= 0.3 is 0 Å². The van der Waals surface area contributed by atoms with Crippen molar-refractivity contribution in [2.45, 2.75) is 38.1 Å². The highest BCUT2D eigenvalue weighted by molar-refractivity contribution is 7.90. The molecule has 4 rings (SSSR count). The zero-order valence-electron chi connectivity index (χ0n) is 19.5. The number of carbonyl (C=O) groups is 2. The van der Waals surface area contributed by atoms with Crippen molar-refractivity contribution in [3.63, 3.8) is 0 Å². The van der Waals surface area contributed by atoms with Crippen molar-refractivity contribution in [1.29, 1.82) is 0 Å². The van der Waals surface area contributed by atoms with Crippen LogP contribution in [0.2, 0.25) is 0 Å². The summed E-state index contributed by atoms with van der Waals surface area (Å²) in [4.78, 5) is 25.6. The molecule has 8 heteroatoms. The SMILES string of the molecule is CC(=O)N([C@@H]1CCNC[C@@H]1C)S(=O)(=O)c1ccc(NC(=O)c2ccccc2C)c2ccccc12. The lowest BCUT2D eigenvalue weighted by Gasteiger charge is -2.37. The lowest BCUT2D eigenvalue weighted by atomic mass is 9.95. The van der Waals surface area contributed by atoms with Crippen LogP contribution >= 0.6 is 0 Å². The van der Waals surface area contributed by atoms with Crippen LogP contribution in [0.1, 0.15) is 36.2 Å². The van der Waals surface area contributed by atoms with Crippen LogP contribution < -0.4 is 10.6 Å². The van der Waals surface area contributed by atoms with Gasteiger partial charge in [0.25, 0.3) is 15.9 Å². The van der Waals surface area contributed by atoms with Gasteiger partial charge in [0.2, 0.25) is 5.91 Å². The Balaban J connectivity index is 1.78. The van der Waals surface area contributed by atoms with Crippen LogP contribution in [0.5, 0.6) is 0 Å². The first-order chi connectivity index (χ1) is 16.2. The van der Waals surface area contributed by atoms with Crippen LogP contribution in [0.15, 0.2) is 65.6 Å². The second-order valence-electron chi connectivity index (χ2n) is 8.78. The number of hydrogen-bond donors (Lipinski definition) is 2. The summed E-state index contributed by atoms with van der Waals surface area (Å²) in [6.07, 6.45) is 0.558. The van der Waals surface area contributed by atoms with E-state index in [-0.39, 0.29) is 16.7 Å². The van der Waals surface area contributed by atoms with Gasteiger partial charge in [-0.15, -0.1) is 0 Å². The molecule has 3 aromatic carbocycles. The summed E-state index contributed by atoms with van der Waals surface area (Å²) in [6.45, 7) is 6.41. The quantitative estimate of drug-likeness (QED) is 0.578. The van der Waals surface area contributed by atoms with Gasteiger partial charge in [0.15, 0.2) is 0 Å². The Hall–Kier alpha value is -3.23. The summed E-state index contributed by atoms with van der Waals surface area (Å²) in [5.41, 5.74) is 1.90. The van der Waals surface area contributed by atoms with E-state index in [0.29, 0.717) is 41.5 Å². The molecule has 2 atom stereocenters. The normalized spacial score (nSPS) is 18.4. The van der Waals surface area contributed by atoms with Crippen molar-refractivity contribution in [3.8, 4) is 0 Å². The Labute approximate surface area is 200 Å². The lowest BCUT2D eigenvalue weighted by Crippen LogP contribution is -2.52. The summed E-state index contributed by atoms with van der Waals surface area (Å²) in [7, 11) is -4.12. The first-order valence-electron chi connectivity index (χ1n) is 11.4. The van der Waals surface area contributed by atoms with Crippen molar-refractivity contribution < 1.29 is 18.0 Å². The van der Waals surface area contributed by atoms with Crippen LogP contribution in [0.4, 0.5) is 5.69 Å². The standard InChI is InChI=1S/C26H29N3O4S/c1-17-8-4-5-9-20(17)26(31)28-23-12-13-25(22-11-7-6-10-21(22)23)34(32,33)29(19(3)30)24-14-15-27-16-18(24)2/h4-13,18,24,27H,14-16H2,1-3H3,(H,28,31)/t18-,24+/m0/s1. The van der Waals surface area contributed by atoms with E-state index in [1.54, 1.807) is 42.5 Å². The fourth-order valence-corrected chi connectivity index (χ4v) is 6.57. The molecule has 1 aliphatic heterocycles. The molecular formula is C26H29N3O4S. The number of carbonyl (C=O) groups excluding carboxylic acids is 2. The molecule has 1 fully saturated rings. The summed E-state index contributed by atoms with van der Waals surface area (Å²) >= 11 is 0. The maximum absolute atomic E-state index is 13.8. The van der Waals surface area contributed by atoms with Crippen LogP contribution in [0.3, 0.4) is 0 Å². The number of fused-ring (bicyclic) bond motifs is 1. The molecular weight excluding hydrogens is 450 g/mol. The summed E-state index contributed by atoms with van der Waals surface area (Å²) in [6, 6.07) is 16.9. The highest BCUT2D eigenvalue weighted by Gasteiger charge is 2.38. The van der Waals surface area contributed by atoms with Gasteiger partial charge in [0.05, 0.1) is 10.9 Å². The van der Waals surface area contributed by atoms with E-state index in [1.807, 2.05) is 26.0 Å². The van der Waals surface area contributed by atoms with Crippen molar-refractivity contribution in [1.82, 2.24) is 9.62 Å². The van der Waals surface area contributed by atoms with Crippen LogP contribution in [0.25, 0.3) is 10.8 Å². The van der Waals surface area contributed by atoms with Gasteiger partial charge in [0.1, 0.15) is 0 Å². The number of benzene rings is 3. The average Bonchev–Trinajstić information content (AvgIpc) is 2.80. The molecule has 2 amide bonds. The summed E-state index contributed by atoms with van der Waals surface area (Å²) in [5.74, 6) is -0.779.